The van der Waals surface area contributed by atoms with E-state index >= 15 is 0 Å². The lowest BCUT2D eigenvalue weighted by atomic mass is 9.58. The molecular weight excluding hydrogens is 556 g/mol. The van der Waals surface area contributed by atoms with Gasteiger partial charge in [0.15, 0.2) is 11.4 Å². The van der Waals surface area contributed by atoms with Gasteiger partial charge in [-0.2, -0.15) is 0 Å². The van der Waals surface area contributed by atoms with Crippen LogP contribution in [0.4, 0.5) is 5.69 Å². The maximum absolute atomic E-state index is 14.1. The highest BCUT2D eigenvalue weighted by molar-refractivity contribution is 6.25. The summed E-state index contributed by atoms with van der Waals surface area (Å²) in [5.74, 6) is -6.93. The molecule has 0 spiro atoms. The van der Waals surface area contributed by atoms with E-state index in [-0.39, 0.29) is 54.0 Å². The summed E-state index contributed by atoms with van der Waals surface area (Å²) in [6.07, 6.45) is 2.94. The van der Waals surface area contributed by atoms with Crippen molar-refractivity contribution in [2.24, 2.45) is 29.4 Å². The maximum Gasteiger partial charge on any atom is 0.255 e. The van der Waals surface area contributed by atoms with E-state index in [4.69, 9.17) is 5.73 Å². The number of nitrogens with two attached hydrogens (primary N) is 1. The number of Topliss-reactive ketones (excluding diaryl/α,β-unsaturated/α-hetero) is 2. The highest BCUT2D eigenvalue weighted by atomic mass is 16.3. The number of phenolic OH excluding ortho intramolecular Hbond substituents is 1. The van der Waals surface area contributed by atoms with Crippen LogP contribution in [0.2, 0.25) is 0 Å². The fourth-order valence-electron chi connectivity index (χ4n) is 7.74. The molecule has 2 amide bonds. The van der Waals surface area contributed by atoms with Gasteiger partial charge in [-0.05, 0) is 63.2 Å². The van der Waals surface area contributed by atoms with Gasteiger partial charge in [0.1, 0.15) is 22.8 Å². The van der Waals surface area contributed by atoms with Gasteiger partial charge in [0.05, 0.1) is 11.6 Å². The number of carbonyl (C=O) groups is 4. The summed E-state index contributed by atoms with van der Waals surface area (Å²) in [4.78, 5) is 56.0. The van der Waals surface area contributed by atoms with Gasteiger partial charge in [-0.3, -0.25) is 24.1 Å². The van der Waals surface area contributed by atoms with E-state index in [1.807, 2.05) is 6.92 Å². The fourth-order valence-corrected chi connectivity index (χ4v) is 7.74. The average Bonchev–Trinajstić information content (AvgIpc) is 3.35. The first kappa shape index (κ1) is 30.6. The number of nitrogens with one attached hydrogen (secondary N) is 1. The number of benzene rings is 1. The van der Waals surface area contributed by atoms with E-state index in [1.165, 1.54) is 4.90 Å². The van der Waals surface area contributed by atoms with E-state index in [0.717, 1.165) is 19.3 Å². The summed E-state index contributed by atoms with van der Waals surface area (Å²) in [6.45, 7) is 2.02. The molecule has 232 valence electrons. The van der Waals surface area contributed by atoms with Crippen LogP contribution in [0.5, 0.6) is 5.75 Å². The van der Waals surface area contributed by atoms with Crippen LogP contribution in [0.1, 0.15) is 54.1 Å². The predicted octanol–water partition coefficient (Wildman–Crippen LogP) is 1.24. The Bertz CT molecular complexity index is 1490. The first-order chi connectivity index (χ1) is 20.1. The van der Waals surface area contributed by atoms with Crippen LogP contribution in [0.15, 0.2) is 28.7 Å². The number of ketones is 2. The number of fused-ring (bicyclic) bond motifs is 3. The highest BCUT2D eigenvalue weighted by Gasteiger charge is 2.63. The molecule has 5 rings (SSSR count). The topological polar surface area (TPSA) is 194 Å². The second-order valence-electron chi connectivity index (χ2n) is 12.8. The van der Waals surface area contributed by atoms with E-state index in [2.05, 4.69) is 5.32 Å². The lowest BCUT2D eigenvalue weighted by Crippen LogP contribution is -2.63. The van der Waals surface area contributed by atoms with Crippen molar-refractivity contribution in [2.45, 2.75) is 57.2 Å². The van der Waals surface area contributed by atoms with Crippen molar-refractivity contribution in [3.63, 3.8) is 0 Å². The third kappa shape index (κ3) is 4.50. The number of hydrogen-bond donors (Lipinski definition) is 6. The van der Waals surface area contributed by atoms with Crippen molar-refractivity contribution >= 4 is 29.1 Å². The smallest absolute Gasteiger partial charge is 0.255 e. The summed E-state index contributed by atoms with van der Waals surface area (Å²) < 4.78 is 0. The van der Waals surface area contributed by atoms with E-state index in [0.29, 0.717) is 16.8 Å². The van der Waals surface area contributed by atoms with Gasteiger partial charge in [0.25, 0.3) is 5.91 Å². The third-order valence-electron chi connectivity index (χ3n) is 9.91. The molecule has 0 aromatic heterocycles. The van der Waals surface area contributed by atoms with Gasteiger partial charge in [0.2, 0.25) is 11.7 Å². The van der Waals surface area contributed by atoms with Crippen LogP contribution in [0.3, 0.4) is 0 Å². The second-order valence-corrected chi connectivity index (χ2v) is 12.8. The Labute approximate surface area is 249 Å². The number of likely N-dealkylation sites (N-methyl/N-ethyl adjacent to an activating group) is 1. The van der Waals surface area contributed by atoms with Crippen LogP contribution < -0.4 is 16.0 Å². The van der Waals surface area contributed by atoms with Gasteiger partial charge < -0.3 is 36.4 Å². The minimum Gasteiger partial charge on any atom is -0.510 e. The number of aliphatic hydroxyl groups excluding tert-OH is 2. The van der Waals surface area contributed by atoms with Gasteiger partial charge in [-0.25, -0.2) is 0 Å². The number of allylic oxidation sites excluding steroid dienone is 1. The normalized spacial score (nSPS) is 30.3. The lowest BCUT2D eigenvalue weighted by molar-refractivity contribution is -0.148. The quantitative estimate of drug-likeness (QED) is 0.260. The molecule has 12 nitrogen and oxygen atoms in total. The molecule has 0 bridgehead atoms. The van der Waals surface area contributed by atoms with Gasteiger partial charge >= 0.3 is 0 Å². The molecule has 43 heavy (non-hydrogen) atoms. The molecule has 4 aliphatic rings. The molecule has 0 aliphatic heterocycles. The number of carbonyl (C=O) groups excluding carboxylic acids is 4. The molecule has 0 radical (unpaired) electrons. The molecule has 6 unspecified atom stereocenters. The van der Waals surface area contributed by atoms with E-state index in [9.17, 15) is 39.6 Å². The summed E-state index contributed by atoms with van der Waals surface area (Å²) in [5, 5.41) is 48.6. The molecule has 1 fully saturated rings. The maximum atomic E-state index is 14.1. The Balaban J connectivity index is 1.61. The molecule has 7 N–H and O–H groups in total. The molecule has 0 saturated heterocycles. The minimum absolute atomic E-state index is 0.0107. The fraction of sp³-hybridized carbons (Fsp3) is 0.548. The van der Waals surface area contributed by atoms with Crippen LogP contribution in [0.25, 0.3) is 0 Å². The molecule has 4 aliphatic carbocycles. The van der Waals surface area contributed by atoms with Crippen LogP contribution in [0, 0.1) is 23.7 Å². The van der Waals surface area contributed by atoms with Crippen molar-refractivity contribution in [1.82, 2.24) is 10.2 Å². The van der Waals surface area contributed by atoms with E-state index < -0.39 is 58.0 Å². The largest absolute Gasteiger partial charge is 0.510 e. The summed E-state index contributed by atoms with van der Waals surface area (Å²) in [5.41, 5.74) is 3.03. The van der Waals surface area contributed by atoms with Crippen molar-refractivity contribution in [2.75, 3.05) is 33.1 Å². The van der Waals surface area contributed by atoms with Crippen LogP contribution in [-0.4, -0.2) is 88.5 Å². The molecule has 1 aromatic carbocycles. The Morgan fingerprint density at radius 2 is 1.79 bits per heavy atom. The van der Waals surface area contributed by atoms with Crippen molar-refractivity contribution < 1.29 is 39.6 Å². The molecule has 0 heterocycles. The lowest BCUT2D eigenvalue weighted by Gasteiger charge is -2.50. The van der Waals surface area contributed by atoms with Crippen molar-refractivity contribution in [3.8, 4) is 5.75 Å². The van der Waals surface area contributed by atoms with Crippen molar-refractivity contribution in [1.29, 1.82) is 0 Å². The number of hydrogen-bond acceptors (Lipinski definition) is 10. The van der Waals surface area contributed by atoms with E-state index in [1.54, 1.807) is 39.2 Å². The van der Waals surface area contributed by atoms with Gasteiger partial charge in [0, 0.05) is 49.3 Å². The van der Waals surface area contributed by atoms with Gasteiger partial charge in [-0.1, -0.05) is 13.3 Å². The average molecular weight is 597 g/mol. The summed E-state index contributed by atoms with van der Waals surface area (Å²) >= 11 is 0. The summed E-state index contributed by atoms with van der Waals surface area (Å²) in [6, 6.07) is 0.675. The minimum atomic E-state index is -2.70. The Morgan fingerprint density at radius 3 is 2.35 bits per heavy atom. The Kier molecular flexibility index (Phi) is 7.58. The first-order valence-electron chi connectivity index (χ1n) is 14.6. The third-order valence-corrected chi connectivity index (χ3v) is 9.91. The zero-order valence-electron chi connectivity index (χ0n) is 25.1. The standard InChI is InChI=1S/C31H40N4O8/c1-13-7-6-8-16(13)30(42)33-12-15-11-19(34(2)3)17-9-14-10-18-23(35(4)5)26(38)22(29(32)41)28(40)31(18,43)27(39)20(14)25(37)21(17)24(15)36/h11,13-14,16,18,23,36,38-39,43H,6-10,12H2,1-5H3,(H2,32,41)(H,33,42). The first-order valence-corrected chi connectivity index (χ1v) is 14.6. The molecule has 6 atom stereocenters. The van der Waals surface area contributed by atoms with Crippen LogP contribution >= 0.6 is 0 Å². The Morgan fingerprint density at radius 1 is 1.12 bits per heavy atom. The zero-order valence-corrected chi connectivity index (χ0v) is 25.1. The SMILES string of the molecule is CC1CCCC1C(=O)NCc1cc(N(C)C)c2c(c1O)C(=O)C1=C(O)C3(O)C(=O)C(C(N)=O)=C(O)C(N(C)C)C3CC1C2. The Hall–Kier alpha value is -3.90. The van der Waals surface area contributed by atoms with Crippen LogP contribution in [-0.2, 0) is 27.3 Å². The zero-order chi connectivity index (χ0) is 31.7. The number of aliphatic hydroxyl groups is 3. The van der Waals surface area contributed by atoms with Crippen molar-refractivity contribution in [3.05, 3.63) is 45.4 Å². The van der Waals surface area contributed by atoms with Gasteiger partial charge in [-0.15, -0.1) is 0 Å². The molecule has 1 aromatic rings. The molecule has 12 heteroatoms. The number of nitrogens with zero attached hydrogens (tertiary/aromatic N) is 2. The highest BCUT2D eigenvalue weighted by Crippen LogP contribution is 2.53. The number of rotatable bonds is 6. The predicted molar refractivity (Wildman–Crippen MR) is 156 cm³/mol. The number of primary amides is 1. The number of phenols is 1. The monoisotopic (exact) mass is 596 g/mol. The number of anilines is 1. The number of amides is 2. The molecular formula is C31H40N4O8. The molecule has 1 saturated carbocycles. The second kappa shape index (κ2) is 10.7. The number of aromatic hydroxyl groups is 1. The summed E-state index contributed by atoms with van der Waals surface area (Å²) in [7, 11) is 6.75.